The number of nitrogens with zero attached hydrogens (tertiary/aromatic N) is 2. The molecule has 0 bridgehead atoms. The fourth-order valence-electron chi connectivity index (χ4n) is 3.14. The van der Waals surface area contributed by atoms with E-state index in [1.165, 1.54) is 19.3 Å². The first kappa shape index (κ1) is 18.1. The van der Waals surface area contributed by atoms with Gasteiger partial charge < -0.3 is 16.2 Å². The van der Waals surface area contributed by atoms with Crippen LogP contribution in [0.3, 0.4) is 0 Å². The van der Waals surface area contributed by atoms with Crippen LogP contribution in [-0.4, -0.2) is 34.6 Å². The molecule has 1 aliphatic rings. The van der Waals surface area contributed by atoms with E-state index in [9.17, 15) is 14.7 Å². The Morgan fingerprint density at radius 1 is 1.19 bits per heavy atom. The van der Waals surface area contributed by atoms with E-state index >= 15 is 0 Å². The van der Waals surface area contributed by atoms with Crippen LogP contribution >= 0.6 is 0 Å². The molecule has 7 heteroatoms. The summed E-state index contributed by atoms with van der Waals surface area (Å²) in [7, 11) is 0. The summed E-state index contributed by atoms with van der Waals surface area (Å²) in [5, 5.41) is 12.6. The van der Waals surface area contributed by atoms with Gasteiger partial charge in [0.1, 0.15) is 17.1 Å². The minimum absolute atomic E-state index is 0.0442. The fraction of sp³-hybridized carbons (Fsp3) is 0.421. The van der Waals surface area contributed by atoms with Gasteiger partial charge in [-0.3, -0.25) is 19.5 Å². The number of nitrogens with two attached hydrogens (primary N) is 1. The summed E-state index contributed by atoms with van der Waals surface area (Å²) in [6.45, 7) is 3.15. The van der Waals surface area contributed by atoms with Gasteiger partial charge in [0, 0.05) is 18.7 Å². The predicted molar refractivity (Wildman–Crippen MR) is 102 cm³/mol. The summed E-state index contributed by atoms with van der Waals surface area (Å²) < 4.78 is 0. The van der Waals surface area contributed by atoms with Crippen LogP contribution in [0.4, 0.5) is 11.4 Å². The Hall–Kier alpha value is -2.67. The molecule has 1 fully saturated rings. The van der Waals surface area contributed by atoms with Gasteiger partial charge in [-0.1, -0.05) is 12.5 Å². The highest BCUT2D eigenvalue weighted by Gasteiger charge is 2.17. The molecular formula is C19H24N4O3. The molecule has 0 spiro atoms. The monoisotopic (exact) mass is 356 g/mol. The SMILES string of the molecule is Nc1c(NC/C(O)=C/Cc2cccc(CN3CCCCC3)n2)c(=O)c1=O. The van der Waals surface area contributed by atoms with Crippen LogP contribution in [0.25, 0.3) is 0 Å². The lowest BCUT2D eigenvalue weighted by Crippen LogP contribution is -2.37. The topological polar surface area (TPSA) is 109 Å². The number of piperidine rings is 1. The lowest BCUT2D eigenvalue weighted by Gasteiger charge is -2.26. The smallest absolute Gasteiger partial charge is 0.253 e. The number of anilines is 2. The highest BCUT2D eigenvalue weighted by molar-refractivity contribution is 5.71. The highest BCUT2D eigenvalue weighted by Crippen LogP contribution is 2.13. The maximum absolute atomic E-state index is 11.3. The van der Waals surface area contributed by atoms with Crippen molar-refractivity contribution in [2.75, 3.05) is 30.7 Å². The largest absolute Gasteiger partial charge is 0.511 e. The predicted octanol–water partition coefficient (Wildman–Crippen LogP) is 1.34. The van der Waals surface area contributed by atoms with Crippen molar-refractivity contribution in [3.05, 3.63) is 61.9 Å². The zero-order valence-corrected chi connectivity index (χ0v) is 14.7. The number of aromatic nitrogens is 1. The van der Waals surface area contributed by atoms with Crippen LogP contribution in [-0.2, 0) is 13.0 Å². The van der Waals surface area contributed by atoms with Gasteiger partial charge in [-0.2, -0.15) is 0 Å². The third-order valence-electron chi connectivity index (χ3n) is 4.64. The standard InChI is InChI=1S/C19H24N4O3/c20-16-17(19(26)18(16)25)21-11-15(24)8-7-13-5-4-6-14(22-13)12-23-9-2-1-3-10-23/h4-6,8,21,24H,1-3,7,9-12,20H2/b15-8-. The molecule has 2 heterocycles. The summed E-state index contributed by atoms with van der Waals surface area (Å²) in [5.74, 6) is 0.0701. The lowest BCUT2D eigenvalue weighted by molar-refractivity contribution is 0.218. The summed E-state index contributed by atoms with van der Waals surface area (Å²) in [6.07, 6.45) is 5.94. The Morgan fingerprint density at radius 3 is 2.65 bits per heavy atom. The van der Waals surface area contributed by atoms with E-state index in [1.807, 2.05) is 18.2 Å². The molecule has 0 aliphatic carbocycles. The van der Waals surface area contributed by atoms with Crippen LogP contribution in [0.15, 0.2) is 39.6 Å². The Morgan fingerprint density at radius 2 is 1.92 bits per heavy atom. The third-order valence-corrected chi connectivity index (χ3v) is 4.64. The second-order valence-electron chi connectivity index (χ2n) is 6.66. The van der Waals surface area contributed by atoms with Gasteiger partial charge in [0.25, 0.3) is 10.9 Å². The maximum atomic E-state index is 11.3. The van der Waals surface area contributed by atoms with E-state index < -0.39 is 10.9 Å². The van der Waals surface area contributed by atoms with Crippen LogP contribution in [0.1, 0.15) is 30.7 Å². The summed E-state index contributed by atoms with van der Waals surface area (Å²) >= 11 is 0. The molecule has 1 saturated heterocycles. The molecule has 138 valence electrons. The maximum Gasteiger partial charge on any atom is 0.253 e. The van der Waals surface area contributed by atoms with Gasteiger partial charge in [0.2, 0.25) is 0 Å². The van der Waals surface area contributed by atoms with E-state index in [2.05, 4.69) is 15.2 Å². The first-order valence-electron chi connectivity index (χ1n) is 8.92. The Labute approximate surface area is 151 Å². The van der Waals surface area contributed by atoms with Crippen LogP contribution in [0.5, 0.6) is 0 Å². The number of likely N-dealkylation sites (tertiary alicyclic amines) is 1. The van der Waals surface area contributed by atoms with Crippen molar-refractivity contribution < 1.29 is 5.11 Å². The lowest BCUT2D eigenvalue weighted by atomic mass is 10.1. The number of rotatable bonds is 7. The van der Waals surface area contributed by atoms with E-state index in [4.69, 9.17) is 5.73 Å². The normalized spacial score (nSPS) is 16.1. The first-order chi connectivity index (χ1) is 12.5. The van der Waals surface area contributed by atoms with Crippen molar-refractivity contribution in [3.63, 3.8) is 0 Å². The van der Waals surface area contributed by atoms with Gasteiger partial charge in [0.05, 0.1) is 12.2 Å². The summed E-state index contributed by atoms with van der Waals surface area (Å²) in [4.78, 5) is 29.4. The van der Waals surface area contributed by atoms with E-state index in [1.54, 1.807) is 6.08 Å². The van der Waals surface area contributed by atoms with Gasteiger partial charge >= 0.3 is 0 Å². The highest BCUT2D eigenvalue weighted by atomic mass is 16.3. The zero-order chi connectivity index (χ0) is 18.5. The molecule has 0 amide bonds. The number of aliphatic hydroxyl groups excluding tert-OH is 1. The number of aliphatic hydroxyl groups is 1. The molecule has 0 atom stereocenters. The molecule has 1 aromatic heterocycles. The second-order valence-corrected chi connectivity index (χ2v) is 6.66. The van der Waals surface area contributed by atoms with E-state index in [0.29, 0.717) is 6.42 Å². The first-order valence-corrected chi connectivity index (χ1v) is 8.92. The summed E-state index contributed by atoms with van der Waals surface area (Å²) in [5.41, 5.74) is 6.04. The van der Waals surface area contributed by atoms with Crippen molar-refractivity contribution in [1.29, 1.82) is 0 Å². The molecule has 3 rings (SSSR count). The van der Waals surface area contributed by atoms with Gasteiger partial charge in [0.15, 0.2) is 0 Å². The number of nitrogen functional groups attached to an aromatic ring is 1. The molecule has 0 unspecified atom stereocenters. The molecule has 1 aromatic carbocycles. The zero-order valence-electron chi connectivity index (χ0n) is 14.7. The van der Waals surface area contributed by atoms with E-state index in [0.717, 1.165) is 31.0 Å². The summed E-state index contributed by atoms with van der Waals surface area (Å²) in [6, 6.07) is 5.93. The van der Waals surface area contributed by atoms with Crippen molar-refractivity contribution in [2.45, 2.75) is 32.2 Å². The minimum Gasteiger partial charge on any atom is -0.511 e. The Kier molecular flexibility index (Phi) is 5.68. The number of nitrogens with one attached hydrogen (secondary N) is 1. The van der Waals surface area contributed by atoms with Crippen molar-refractivity contribution in [2.24, 2.45) is 0 Å². The van der Waals surface area contributed by atoms with Crippen LogP contribution in [0.2, 0.25) is 0 Å². The molecule has 26 heavy (non-hydrogen) atoms. The number of pyridine rings is 1. The van der Waals surface area contributed by atoms with Crippen LogP contribution in [0, 0.1) is 0 Å². The Bertz CT molecular complexity index is 862. The molecule has 1 aliphatic heterocycles. The van der Waals surface area contributed by atoms with Crippen LogP contribution < -0.4 is 21.9 Å². The average molecular weight is 356 g/mol. The van der Waals surface area contributed by atoms with Crippen molar-refractivity contribution in [3.8, 4) is 0 Å². The van der Waals surface area contributed by atoms with Gasteiger partial charge in [-0.05, 0) is 44.1 Å². The molecule has 2 aromatic rings. The van der Waals surface area contributed by atoms with Crippen molar-refractivity contribution in [1.82, 2.24) is 9.88 Å². The molecule has 0 saturated carbocycles. The number of hydrogen-bond acceptors (Lipinski definition) is 7. The minimum atomic E-state index is -0.675. The quantitative estimate of drug-likeness (QED) is 0.507. The fourth-order valence-corrected chi connectivity index (χ4v) is 3.14. The molecule has 0 radical (unpaired) electrons. The molecular weight excluding hydrogens is 332 g/mol. The van der Waals surface area contributed by atoms with Gasteiger partial charge in [-0.25, -0.2) is 0 Å². The van der Waals surface area contributed by atoms with Crippen molar-refractivity contribution >= 4 is 11.4 Å². The van der Waals surface area contributed by atoms with Gasteiger partial charge in [-0.15, -0.1) is 0 Å². The Balaban J connectivity index is 1.53. The average Bonchev–Trinajstić information content (AvgIpc) is 2.67. The third kappa shape index (κ3) is 4.29. The molecule has 4 N–H and O–H groups in total. The second kappa shape index (κ2) is 8.14. The van der Waals surface area contributed by atoms with E-state index in [-0.39, 0.29) is 23.7 Å². The number of hydrogen-bond donors (Lipinski definition) is 3. The number of allylic oxidation sites excluding steroid dienone is 1. The molecule has 7 nitrogen and oxygen atoms in total.